The Labute approximate surface area is 158 Å². The molecule has 6 nitrogen and oxygen atoms in total. The van der Waals surface area contributed by atoms with Gasteiger partial charge in [-0.25, -0.2) is 9.80 Å². The van der Waals surface area contributed by atoms with Gasteiger partial charge in [0.2, 0.25) is 0 Å². The van der Waals surface area contributed by atoms with Gasteiger partial charge in [-0.2, -0.15) is 5.10 Å². The average Bonchev–Trinajstić information content (AvgIpc) is 3.22. The molecule has 3 rings (SSSR count). The van der Waals surface area contributed by atoms with Gasteiger partial charge in [0, 0.05) is 6.42 Å². The first kappa shape index (κ1) is 18.6. The highest BCUT2D eigenvalue weighted by Gasteiger charge is 2.25. The van der Waals surface area contributed by atoms with Gasteiger partial charge in [0.25, 0.3) is 5.91 Å². The third-order valence-electron chi connectivity index (χ3n) is 4.19. The van der Waals surface area contributed by atoms with Gasteiger partial charge in [0.05, 0.1) is 12.3 Å². The Morgan fingerprint density at radius 1 is 1.07 bits per heavy atom. The van der Waals surface area contributed by atoms with E-state index in [1.54, 1.807) is 12.1 Å². The molecule has 0 unspecified atom stereocenters. The molecule has 2 aromatic carbocycles. The lowest BCUT2D eigenvalue weighted by Crippen LogP contribution is -2.34. The highest BCUT2D eigenvalue weighted by molar-refractivity contribution is 6.02. The van der Waals surface area contributed by atoms with Crippen LogP contribution in [0.4, 0.5) is 0 Å². The molecule has 1 heterocycles. The van der Waals surface area contributed by atoms with Crippen LogP contribution >= 0.6 is 0 Å². The number of benzene rings is 2. The summed E-state index contributed by atoms with van der Waals surface area (Å²) in [4.78, 5) is 24.5. The molecule has 1 aliphatic heterocycles. The maximum absolute atomic E-state index is 12.3. The molecule has 0 saturated heterocycles. The Kier molecular flexibility index (Phi) is 6.20. The number of hydrogen-bond acceptors (Lipinski definition) is 5. The Morgan fingerprint density at radius 2 is 1.74 bits per heavy atom. The summed E-state index contributed by atoms with van der Waals surface area (Å²) in [5, 5.41) is 5.70. The number of nitrogens with zero attached hydrogens (tertiary/aromatic N) is 2. The van der Waals surface area contributed by atoms with Gasteiger partial charge < -0.3 is 9.47 Å². The summed E-state index contributed by atoms with van der Waals surface area (Å²) in [7, 11) is 0. The van der Waals surface area contributed by atoms with Crippen molar-refractivity contribution in [3.05, 3.63) is 66.2 Å². The lowest BCUT2D eigenvalue weighted by molar-refractivity contribution is -0.158. The van der Waals surface area contributed by atoms with E-state index in [9.17, 15) is 9.59 Å². The van der Waals surface area contributed by atoms with Crippen LogP contribution in [0.15, 0.2) is 65.8 Å². The molecular formula is C21H22N2O4. The summed E-state index contributed by atoms with van der Waals surface area (Å²) >= 11 is 0. The van der Waals surface area contributed by atoms with Crippen LogP contribution in [0, 0.1) is 0 Å². The Bertz CT molecular complexity index is 805. The van der Waals surface area contributed by atoms with Gasteiger partial charge in [-0.1, -0.05) is 55.5 Å². The van der Waals surface area contributed by atoms with Crippen molar-refractivity contribution in [2.45, 2.75) is 25.9 Å². The van der Waals surface area contributed by atoms with E-state index in [2.05, 4.69) is 5.10 Å². The predicted octanol–water partition coefficient (Wildman–Crippen LogP) is 3.02. The number of hydrazone groups is 1. The van der Waals surface area contributed by atoms with Crippen molar-refractivity contribution < 1.29 is 19.1 Å². The second kappa shape index (κ2) is 8.98. The lowest BCUT2D eigenvalue weighted by Gasteiger charge is -2.17. The molecule has 1 atom stereocenters. The maximum atomic E-state index is 12.3. The molecule has 1 aliphatic rings. The second-order valence-corrected chi connectivity index (χ2v) is 6.12. The fourth-order valence-electron chi connectivity index (χ4n) is 2.73. The number of rotatable bonds is 7. The van der Waals surface area contributed by atoms with Crippen LogP contribution in [0.1, 0.15) is 25.3 Å². The van der Waals surface area contributed by atoms with Crippen molar-refractivity contribution >= 4 is 17.6 Å². The van der Waals surface area contributed by atoms with Crippen LogP contribution in [-0.4, -0.2) is 41.9 Å². The van der Waals surface area contributed by atoms with Crippen molar-refractivity contribution in [3.63, 3.8) is 0 Å². The first-order chi connectivity index (χ1) is 13.2. The van der Waals surface area contributed by atoms with Gasteiger partial charge in [0.1, 0.15) is 5.75 Å². The van der Waals surface area contributed by atoms with E-state index in [0.717, 1.165) is 11.3 Å². The fourth-order valence-corrected chi connectivity index (χ4v) is 2.73. The summed E-state index contributed by atoms with van der Waals surface area (Å²) in [6.45, 7) is 1.96. The molecule has 0 N–H and O–H groups in total. The highest BCUT2D eigenvalue weighted by atomic mass is 16.6. The molecule has 0 aliphatic carbocycles. The van der Waals surface area contributed by atoms with E-state index in [0.29, 0.717) is 25.1 Å². The minimum atomic E-state index is -0.748. The van der Waals surface area contributed by atoms with E-state index >= 15 is 0 Å². The zero-order valence-electron chi connectivity index (χ0n) is 15.2. The number of hydrogen-bond donors (Lipinski definition) is 0. The molecule has 1 amide bonds. The fraction of sp³-hybridized carbons (Fsp3) is 0.286. The molecule has 6 heteroatoms. The van der Waals surface area contributed by atoms with E-state index in [1.165, 1.54) is 5.01 Å². The molecule has 0 spiro atoms. The Hall–Kier alpha value is -3.15. The molecule has 27 heavy (non-hydrogen) atoms. The zero-order valence-corrected chi connectivity index (χ0v) is 15.2. The van der Waals surface area contributed by atoms with Crippen molar-refractivity contribution in [2.75, 3.05) is 13.2 Å². The number of esters is 1. The molecule has 0 saturated carbocycles. The minimum Gasteiger partial charge on any atom is -0.479 e. The zero-order chi connectivity index (χ0) is 19.1. The monoisotopic (exact) mass is 366 g/mol. The molecule has 0 aromatic heterocycles. The first-order valence-electron chi connectivity index (χ1n) is 8.99. The van der Waals surface area contributed by atoms with Crippen LogP contribution in [-0.2, 0) is 14.3 Å². The van der Waals surface area contributed by atoms with Crippen molar-refractivity contribution in [3.8, 4) is 5.75 Å². The molecule has 140 valence electrons. The van der Waals surface area contributed by atoms with E-state index in [4.69, 9.17) is 9.47 Å². The lowest BCUT2D eigenvalue weighted by atomic mass is 10.1. The Balaban J connectivity index is 1.52. The van der Waals surface area contributed by atoms with Crippen molar-refractivity contribution in [1.82, 2.24) is 5.01 Å². The minimum absolute atomic E-state index is 0.344. The smallest absolute Gasteiger partial charge is 0.347 e. The average molecular weight is 366 g/mol. The summed E-state index contributed by atoms with van der Waals surface area (Å²) in [6, 6.07) is 18.8. The SMILES string of the molecule is CC[C@@H](Oc1ccccc1)C(=O)OCC(=O)N1CCC(c2ccccc2)=N1. The summed E-state index contributed by atoms with van der Waals surface area (Å²) in [5.74, 6) is -0.311. The molecule has 0 bridgehead atoms. The number of carbonyl (C=O) groups is 2. The third kappa shape index (κ3) is 4.94. The van der Waals surface area contributed by atoms with E-state index < -0.39 is 12.1 Å². The standard InChI is InChI=1S/C21H22N2O4/c1-2-19(27-17-11-7-4-8-12-17)21(25)26-15-20(24)23-14-13-18(22-23)16-9-5-3-6-10-16/h3-12,19H,2,13-15H2,1H3/t19-/m1/s1. The first-order valence-corrected chi connectivity index (χ1v) is 8.99. The van der Waals surface area contributed by atoms with Gasteiger partial charge >= 0.3 is 5.97 Å². The summed E-state index contributed by atoms with van der Waals surface area (Å²) in [5.41, 5.74) is 1.85. The number of amides is 1. The quantitative estimate of drug-likeness (QED) is 0.707. The Morgan fingerprint density at radius 3 is 2.41 bits per heavy atom. The predicted molar refractivity (Wildman–Crippen MR) is 101 cm³/mol. The van der Waals surface area contributed by atoms with Crippen LogP contribution < -0.4 is 4.74 Å². The normalized spacial score (nSPS) is 14.4. The summed E-state index contributed by atoms with van der Waals surface area (Å²) in [6.07, 6.45) is 0.377. The number of para-hydroxylation sites is 1. The van der Waals surface area contributed by atoms with Crippen molar-refractivity contribution in [1.29, 1.82) is 0 Å². The van der Waals surface area contributed by atoms with E-state index in [-0.39, 0.29) is 12.5 Å². The number of carbonyl (C=O) groups excluding carboxylic acids is 2. The largest absolute Gasteiger partial charge is 0.479 e. The van der Waals surface area contributed by atoms with Gasteiger partial charge in [-0.15, -0.1) is 0 Å². The van der Waals surface area contributed by atoms with Crippen LogP contribution in [0.25, 0.3) is 0 Å². The number of ether oxygens (including phenoxy) is 2. The molecular weight excluding hydrogens is 344 g/mol. The second-order valence-electron chi connectivity index (χ2n) is 6.12. The van der Waals surface area contributed by atoms with Gasteiger partial charge in [-0.05, 0) is 24.1 Å². The van der Waals surface area contributed by atoms with Gasteiger partial charge in [0.15, 0.2) is 12.7 Å². The molecule has 0 radical (unpaired) electrons. The highest BCUT2D eigenvalue weighted by Crippen LogP contribution is 2.15. The molecule has 0 fully saturated rings. The maximum Gasteiger partial charge on any atom is 0.347 e. The van der Waals surface area contributed by atoms with Crippen LogP contribution in [0.5, 0.6) is 5.75 Å². The van der Waals surface area contributed by atoms with Gasteiger partial charge in [-0.3, -0.25) is 4.79 Å². The van der Waals surface area contributed by atoms with Crippen LogP contribution in [0.2, 0.25) is 0 Å². The third-order valence-corrected chi connectivity index (χ3v) is 4.19. The van der Waals surface area contributed by atoms with Crippen LogP contribution in [0.3, 0.4) is 0 Å². The summed E-state index contributed by atoms with van der Waals surface area (Å²) < 4.78 is 10.8. The van der Waals surface area contributed by atoms with Crippen molar-refractivity contribution in [2.24, 2.45) is 5.10 Å². The molecule has 2 aromatic rings. The van der Waals surface area contributed by atoms with E-state index in [1.807, 2.05) is 55.5 Å². The topological polar surface area (TPSA) is 68.2 Å².